The lowest BCUT2D eigenvalue weighted by molar-refractivity contribution is -0.138. The highest BCUT2D eigenvalue weighted by Crippen LogP contribution is 2.53. The molecular formula is C31H43N3O2. The third-order valence-electron chi connectivity index (χ3n) is 8.32. The van der Waals surface area contributed by atoms with Gasteiger partial charge in [0.15, 0.2) is 0 Å². The van der Waals surface area contributed by atoms with Gasteiger partial charge in [0.2, 0.25) is 5.91 Å². The van der Waals surface area contributed by atoms with Crippen LogP contribution in [0.15, 0.2) is 54.6 Å². The molecular weight excluding hydrogens is 446 g/mol. The number of piperidine rings is 2. The Hall–Kier alpha value is -2.37. The molecule has 1 aliphatic carbocycles. The van der Waals surface area contributed by atoms with Crippen molar-refractivity contribution < 1.29 is 9.53 Å². The number of carbonyl (C=O) groups is 1. The zero-order valence-electron chi connectivity index (χ0n) is 22.6. The molecule has 4 aliphatic rings. The van der Waals surface area contributed by atoms with Crippen molar-refractivity contribution >= 4 is 5.91 Å². The van der Waals surface area contributed by atoms with Crippen LogP contribution in [0.1, 0.15) is 52.2 Å². The summed E-state index contributed by atoms with van der Waals surface area (Å²) in [7, 11) is 0. The fraction of sp³-hybridized carbons (Fsp3) is 0.581. The summed E-state index contributed by atoms with van der Waals surface area (Å²) in [6.07, 6.45) is 1.87. The zero-order chi connectivity index (χ0) is 25.5. The van der Waals surface area contributed by atoms with Crippen LogP contribution in [-0.4, -0.2) is 47.6 Å². The molecule has 0 spiro atoms. The van der Waals surface area contributed by atoms with Crippen LogP contribution in [0.3, 0.4) is 0 Å². The van der Waals surface area contributed by atoms with Gasteiger partial charge in [0.1, 0.15) is 16.9 Å². The minimum atomic E-state index is -0.513. The summed E-state index contributed by atoms with van der Waals surface area (Å²) in [5, 5.41) is 7.12. The van der Waals surface area contributed by atoms with Gasteiger partial charge in [-0.25, -0.2) is 0 Å². The van der Waals surface area contributed by atoms with Gasteiger partial charge < -0.3 is 15.4 Å². The minimum absolute atomic E-state index is 0.165. The molecule has 0 radical (unpaired) electrons. The summed E-state index contributed by atoms with van der Waals surface area (Å²) in [4.78, 5) is 16.8. The van der Waals surface area contributed by atoms with E-state index >= 15 is 0 Å². The number of benzene rings is 2. The molecule has 3 aliphatic heterocycles. The van der Waals surface area contributed by atoms with E-state index in [0.717, 1.165) is 43.8 Å². The van der Waals surface area contributed by atoms with Gasteiger partial charge in [-0.2, -0.15) is 0 Å². The maximum absolute atomic E-state index is 14.0. The Kier molecular flexibility index (Phi) is 6.90. The van der Waals surface area contributed by atoms with Gasteiger partial charge in [0, 0.05) is 38.1 Å². The smallest absolute Gasteiger partial charge is 0.240 e. The maximum atomic E-state index is 14.0. The van der Waals surface area contributed by atoms with Crippen molar-refractivity contribution in [3.63, 3.8) is 0 Å². The van der Waals surface area contributed by atoms with Crippen LogP contribution in [0.25, 0.3) is 0 Å². The van der Waals surface area contributed by atoms with Crippen molar-refractivity contribution in [1.82, 2.24) is 15.5 Å². The molecule has 3 heterocycles. The normalized spacial score (nSPS) is 29.5. The Labute approximate surface area is 217 Å². The molecule has 2 N–H and O–H groups in total. The minimum Gasteiger partial charge on any atom is -0.488 e. The van der Waals surface area contributed by atoms with Crippen LogP contribution < -0.4 is 15.4 Å². The topological polar surface area (TPSA) is 53.6 Å². The Morgan fingerprint density at radius 3 is 2.50 bits per heavy atom. The molecule has 36 heavy (non-hydrogen) atoms. The summed E-state index contributed by atoms with van der Waals surface area (Å²) >= 11 is 0. The monoisotopic (exact) mass is 489 g/mol. The summed E-state index contributed by atoms with van der Waals surface area (Å²) < 4.78 is 5.95. The fourth-order valence-electron chi connectivity index (χ4n) is 7.06. The highest BCUT2D eigenvalue weighted by Gasteiger charge is 2.64. The molecule has 0 aromatic heterocycles. The molecule has 6 rings (SSSR count). The Balaban J connectivity index is 1.35. The molecule has 1 amide bonds. The van der Waals surface area contributed by atoms with Crippen LogP contribution in [-0.2, 0) is 17.8 Å². The number of carbonyl (C=O) groups excluding carboxylic acids is 1. The zero-order valence-corrected chi connectivity index (χ0v) is 22.6. The van der Waals surface area contributed by atoms with Crippen molar-refractivity contribution in [1.29, 1.82) is 0 Å². The van der Waals surface area contributed by atoms with Gasteiger partial charge >= 0.3 is 0 Å². The summed E-state index contributed by atoms with van der Waals surface area (Å²) in [5.74, 6) is 3.15. The lowest BCUT2D eigenvalue weighted by atomic mass is 9.58. The molecule has 2 aromatic rings. The van der Waals surface area contributed by atoms with Crippen molar-refractivity contribution in [3.05, 3.63) is 65.7 Å². The average molecular weight is 490 g/mol. The van der Waals surface area contributed by atoms with Gasteiger partial charge in [0.25, 0.3) is 0 Å². The summed E-state index contributed by atoms with van der Waals surface area (Å²) in [5.41, 5.74) is 1.68. The largest absolute Gasteiger partial charge is 0.488 e. The third kappa shape index (κ3) is 5.05. The number of likely N-dealkylation sites (tertiary alicyclic amines) is 1. The number of hydrogen-bond donors (Lipinski definition) is 2. The van der Waals surface area contributed by atoms with Crippen molar-refractivity contribution in [2.24, 2.45) is 23.7 Å². The first-order valence-corrected chi connectivity index (χ1v) is 13.7. The van der Waals surface area contributed by atoms with Crippen molar-refractivity contribution in [3.8, 4) is 5.75 Å². The van der Waals surface area contributed by atoms with E-state index in [9.17, 15) is 4.79 Å². The standard InChI is InChI=1S/C31H43N3O2/c1-21(2)19-34-20-24-16-31(27(28(34)26(24)18-33-31)15-22-9-7-6-8-10-22)29(35)32-17-23-11-13-25(14-12-23)36-30(3,4)5/h6-14,21,24,26-28,33H,15-20H2,1-5H3,(H,32,35). The number of fused-ring (bicyclic) bond motifs is 1. The van der Waals surface area contributed by atoms with Crippen molar-refractivity contribution in [2.45, 2.75) is 71.2 Å². The van der Waals surface area contributed by atoms with E-state index in [1.165, 1.54) is 5.56 Å². The van der Waals surface area contributed by atoms with Gasteiger partial charge in [-0.15, -0.1) is 0 Å². The van der Waals surface area contributed by atoms with Crippen LogP contribution in [0.4, 0.5) is 0 Å². The first kappa shape index (κ1) is 25.3. The second-order valence-electron chi connectivity index (χ2n) is 12.7. The van der Waals surface area contributed by atoms with Gasteiger partial charge in [-0.3, -0.25) is 9.69 Å². The second-order valence-corrected chi connectivity index (χ2v) is 12.7. The molecule has 5 unspecified atom stereocenters. The van der Waals surface area contributed by atoms with Gasteiger partial charge in [-0.1, -0.05) is 56.3 Å². The number of rotatable bonds is 8. The van der Waals surface area contributed by atoms with Gasteiger partial charge in [-0.05, 0) is 74.6 Å². The van der Waals surface area contributed by atoms with Crippen LogP contribution in [0.5, 0.6) is 5.75 Å². The Bertz CT molecular complexity index is 1050. The van der Waals surface area contributed by atoms with E-state index in [0.29, 0.717) is 30.3 Å². The van der Waals surface area contributed by atoms with E-state index < -0.39 is 5.54 Å². The number of ether oxygens (including phenoxy) is 1. The van der Waals surface area contributed by atoms with E-state index in [1.54, 1.807) is 0 Å². The summed E-state index contributed by atoms with van der Waals surface area (Å²) in [6.45, 7) is 14.5. The van der Waals surface area contributed by atoms with Crippen LogP contribution >= 0.6 is 0 Å². The van der Waals surface area contributed by atoms with Crippen molar-refractivity contribution in [2.75, 3.05) is 19.6 Å². The Morgan fingerprint density at radius 1 is 1.11 bits per heavy atom. The fourth-order valence-corrected chi connectivity index (χ4v) is 7.06. The van der Waals surface area contributed by atoms with Gasteiger partial charge in [0.05, 0.1) is 0 Å². The molecule has 3 saturated heterocycles. The molecule has 5 heteroatoms. The number of amides is 1. The number of hydrogen-bond acceptors (Lipinski definition) is 4. The van der Waals surface area contributed by atoms with E-state index in [4.69, 9.17) is 4.74 Å². The third-order valence-corrected chi connectivity index (χ3v) is 8.32. The van der Waals surface area contributed by atoms with Crippen LogP contribution in [0.2, 0.25) is 0 Å². The predicted molar refractivity (Wildman–Crippen MR) is 145 cm³/mol. The quantitative estimate of drug-likeness (QED) is 0.566. The lowest BCUT2D eigenvalue weighted by Gasteiger charge is -2.56. The first-order valence-electron chi connectivity index (χ1n) is 13.7. The van der Waals surface area contributed by atoms with E-state index in [-0.39, 0.29) is 17.4 Å². The van der Waals surface area contributed by atoms with E-state index in [1.807, 2.05) is 32.9 Å². The molecule has 1 saturated carbocycles. The Morgan fingerprint density at radius 2 is 1.83 bits per heavy atom. The molecule has 5 nitrogen and oxygen atoms in total. The number of nitrogens with zero attached hydrogens (tertiary/aromatic N) is 1. The highest BCUT2D eigenvalue weighted by molar-refractivity contribution is 5.87. The predicted octanol–water partition coefficient (Wildman–Crippen LogP) is 4.66. The second kappa shape index (κ2) is 9.83. The van der Waals surface area contributed by atoms with Crippen LogP contribution in [0, 0.1) is 23.7 Å². The molecule has 2 aromatic carbocycles. The molecule has 5 atom stereocenters. The lowest BCUT2D eigenvalue weighted by Crippen LogP contribution is -2.74. The maximum Gasteiger partial charge on any atom is 0.240 e. The number of nitrogens with one attached hydrogen (secondary N) is 2. The SMILES string of the molecule is CC(C)CN1CC2CC3(C(=O)NCc4ccc(OC(C)(C)C)cc4)NCC2C1C3Cc1ccccc1. The summed E-state index contributed by atoms with van der Waals surface area (Å²) in [6, 6.07) is 19.3. The molecule has 194 valence electrons. The average Bonchev–Trinajstić information content (AvgIpc) is 3.12. The molecule has 4 bridgehead atoms. The molecule has 4 fully saturated rings. The van der Waals surface area contributed by atoms with E-state index in [2.05, 4.69) is 71.8 Å². The first-order chi connectivity index (χ1) is 17.1. The highest BCUT2D eigenvalue weighted by atomic mass is 16.5.